The zero-order valence-electron chi connectivity index (χ0n) is 22.6. The second-order valence-electron chi connectivity index (χ2n) is 13.6. The summed E-state index contributed by atoms with van der Waals surface area (Å²) in [6.07, 6.45) is 8.13. The van der Waals surface area contributed by atoms with Crippen molar-refractivity contribution in [1.29, 1.82) is 0 Å². The van der Waals surface area contributed by atoms with Crippen LogP contribution in [0.25, 0.3) is 0 Å². The minimum Gasteiger partial charge on any atom is -0.458 e. The maximum Gasteiger partial charge on any atom is 0.331 e. The number of aliphatic hydroxyl groups excluding tert-OH is 2. The molecule has 10 atom stereocenters. The third-order valence-corrected chi connectivity index (χ3v) is 12.3. The lowest BCUT2D eigenvalue weighted by atomic mass is 9.42. The lowest BCUT2D eigenvalue weighted by Crippen LogP contribution is -2.67. The van der Waals surface area contributed by atoms with Gasteiger partial charge in [0, 0.05) is 37.7 Å². The Morgan fingerprint density at radius 1 is 1.08 bits per heavy atom. The Morgan fingerprint density at radius 3 is 2.54 bits per heavy atom. The van der Waals surface area contributed by atoms with E-state index in [4.69, 9.17) is 4.74 Å². The van der Waals surface area contributed by atoms with Crippen LogP contribution in [0.3, 0.4) is 0 Å². The van der Waals surface area contributed by atoms with Crippen LogP contribution >= 0.6 is 0 Å². The molecular weight excluding hydrogens is 472 g/mol. The van der Waals surface area contributed by atoms with Crippen molar-refractivity contribution in [3.63, 3.8) is 0 Å². The Morgan fingerprint density at radius 2 is 1.86 bits per heavy atom. The molecule has 6 aliphatic rings. The van der Waals surface area contributed by atoms with Gasteiger partial charge in [0.2, 0.25) is 0 Å². The number of ether oxygens (including phenoxy) is 1. The number of nitrogens with zero attached hydrogens (tertiary/aromatic N) is 2. The minimum atomic E-state index is -0.958. The average molecular weight is 517 g/mol. The molecule has 5 fully saturated rings. The Labute approximate surface area is 220 Å². The van der Waals surface area contributed by atoms with Crippen molar-refractivity contribution in [2.45, 2.75) is 95.5 Å². The summed E-state index contributed by atoms with van der Waals surface area (Å²) in [7, 11) is 1.91. The fourth-order valence-corrected chi connectivity index (χ4v) is 10.0. The van der Waals surface area contributed by atoms with Gasteiger partial charge in [-0.1, -0.05) is 13.8 Å². The van der Waals surface area contributed by atoms with Crippen LogP contribution in [0.5, 0.6) is 0 Å². The van der Waals surface area contributed by atoms with Crippen molar-refractivity contribution in [3.8, 4) is 0 Å². The number of hydrogen-bond acceptors (Lipinski definition) is 6. The lowest BCUT2D eigenvalue weighted by Gasteiger charge is -2.65. The number of carbonyl (C=O) groups is 2. The van der Waals surface area contributed by atoms with Crippen molar-refractivity contribution >= 4 is 12.0 Å². The Bertz CT molecular complexity index is 1000. The molecule has 8 heteroatoms. The molecule has 3 N–H and O–H groups in total. The highest BCUT2D eigenvalue weighted by Crippen LogP contribution is 2.70. The number of β-amino-alcohol motifs (C(OH)–C–C–N with tert-alkyl or cyclic N) is 1. The van der Waals surface area contributed by atoms with Crippen LogP contribution in [0.1, 0.15) is 71.6 Å². The van der Waals surface area contributed by atoms with Gasteiger partial charge >= 0.3 is 12.0 Å². The van der Waals surface area contributed by atoms with Crippen molar-refractivity contribution in [3.05, 3.63) is 11.6 Å². The second-order valence-corrected chi connectivity index (χ2v) is 13.6. The van der Waals surface area contributed by atoms with E-state index in [1.54, 1.807) is 11.0 Å². The van der Waals surface area contributed by atoms with E-state index in [1.807, 2.05) is 11.9 Å². The summed E-state index contributed by atoms with van der Waals surface area (Å²) in [6, 6.07) is 0.210. The first-order valence-corrected chi connectivity index (χ1v) is 14.5. The summed E-state index contributed by atoms with van der Waals surface area (Å²) in [6.45, 7) is 5.75. The minimum absolute atomic E-state index is 0.0228. The molecule has 8 nitrogen and oxygen atoms in total. The van der Waals surface area contributed by atoms with Crippen molar-refractivity contribution in [1.82, 2.24) is 9.80 Å². The summed E-state index contributed by atoms with van der Waals surface area (Å²) >= 11 is 0. The Kier molecular flexibility index (Phi) is 6.01. The standard InChI is InChI=1S/C29H44N2O6/c1-27-9-6-19(30(3)26(35)31-11-8-20(32)15-31)13-18(27)4-5-22-23(27)14-24(33)28(2)21(7-10-29(22,28)36)17-12-25(34)37-16-17/h12,18-24,32-33,36H,4-11,13-16H2,1-3H3/t18-,19-,20-,21-,22-,23-,24-,27-,28-,29-/m1/s1. The molecular formula is C29H44N2O6. The Balaban J connectivity index is 1.21. The number of cyclic esters (lactones) is 1. The van der Waals surface area contributed by atoms with Crippen molar-refractivity contribution in [2.75, 3.05) is 26.7 Å². The molecule has 2 aliphatic heterocycles. The molecule has 1 saturated heterocycles. The average Bonchev–Trinajstić information content (AvgIpc) is 3.56. The van der Waals surface area contributed by atoms with Gasteiger partial charge in [-0.25, -0.2) is 9.59 Å². The maximum absolute atomic E-state index is 13.1. The number of esters is 1. The quantitative estimate of drug-likeness (QED) is 0.487. The molecule has 0 unspecified atom stereocenters. The van der Waals surface area contributed by atoms with E-state index >= 15 is 0 Å². The van der Waals surface area contributed by atoms with Gasteiger partial charge in [0.15, 0.2) is 0 Å². The molecule has 0 bridgehead atoms. The van der Waals surface area contributed by atoms with Gasteiger partial charge in [-0.05, 0) is 92.4 Å². The highest BCUT2D eigenvalue weighted by atomic mass is 16.5. The Hall–Kier alpha value is -1.64. The summed E-state index contributed by atoms with van der Waals surface area (Å²) in [5, 5.41) is 34.0. The predicted octanol–water partition coefficient (Wildman–Crippen LogP) is 2.70. The molecule has 2 amide bonds. The number of amides is 2. The molecule has 0 spiro atoms. The van der Waals surface area contributed by atoms with E-state index in [9.17, 15) is 24.9 Å². The predicted molar refractivity (Wildman–Crippen MR) is 136 cm³/mol. The molecule has 37 heavy (non-hydrogen) atoms. The normalized spacial score (nSPS) is 49.1. The number of aliphatic hydroxyl groups is 3. The first kappa shape index (κ1) is 25.6. The summed E-state index contributed by atoms with van der Waals surface area (Å²) < 4.78 is 5.21. The number of carbonyl (C=O) groups excluding carboxylic acids is 2. The summed E-state index contributed by atoms with van der Waals surface area (Å²) in [4.78, 5) is 28.6. The fourth-order valence-electron chi connectivity index (χ4n) is 10.0. The van der Waals surface area contributed by atoms with E-state index in [2.05, 4.69) is 13.8 Å². The van der Waals surface area contributed by atoms with Gasteiger partial charge < -0.3 is 29.9 Å². The number of rotatable bonds is 2. The second kappa shape index (κ2) is 8.68. The molecule has 4 saturated carbocycles. The zero-order valence-corrected chi connectivity index (χ0v) is 22.6. The molecule has 206 valence electrons. The van der Waals surface area contributed by atoms with Crippen LogP contribution in [0.2, 0.25) is 0 Å². The first-order valence-electron chi connectivity index (χ1n) is 14.5. The van der Waals surface area contributed by atoms with Crippen LogP contribution in [0.15, 0.2) is 11.6 Å². The molecule has 0 aromatic carbocycles. The van der Waals surface area contributed by atoms with Crippen LogP contribution in [-0.2, 0) is 9.53 Å². The summed E-state index contributed by atoms with van der Waals surface area (Å²) in [5.74, 6) is 0.473. The number of fused-ring (bicyclic) bond motifs is 5. The van der Waals surface area contributed by atoms with Gasteiger partial charge in [-0.3, -0.25) is 0 Å². The van der Waals surface area contributed by atoms with E-state index in [-0.39, 0.29) is 47.8 Å². The number of urea groups is 1. The topological polar surface area (TPSA) is 111 Å². The van der Waals surface area contributed by atoms with Crippen LogP contribution < -0.4 is 0 Å². The van der Waals surface area contributed by atoms with Gasteiger partial charge in [-0.2, -0.15) is 0 Å². The molecule has 0 radical (unpaired) electrons. The number of hydrogen-bond donors (Lipinski definition) is 3. The van der Waals surface area contributed by atoms with Crippen LogP contribution in [0, 0.1) is 34.5 Å². The molecule has 2 heterocycles. The van der Waals surface area contributed by atoms with Gasteiger partial charge in [0.1, 0.15) is 6.61 Å². The van der Waals surface area contributed by atoms with Crippen LogP contribution in [-0.4, -0.2) is 87.7 Å². The lowest BCUT2D eigenvalue weighted by molar-refractivity contribution is -0.243. The van der Waals surface area contributed by atoms with Crippen molar-refractivity contribution in [2.24, 2.45) is 34.5 Å². The number of likely N-dealkylation sites (tertiary alicyclic amines) is 1. The SMILES string of the molecule is CN(C(=O)N1CC[C@@H](O)C1)[C@@H]1CC[C@]2(C)[C@H](CC[C@@H]3[C@H]2C[C@@H](O)[C@@]2(C)[C@@H](C4=CC(=O)OC4)CC[C@@]32O)C1. The van der Waals surface area contributed by atoms with E-state index in [1.165, 1.54) is 0 Å². The third-order valence-electron chi connectivity index (χ3n) is 12.3. The highest BCUT2D eigenvalue weighted by molar-refractivity contribution is 5.85. The van der Waals surface area contributed by atoms with Crippen molar-refractivity contribution < 1.29 is 29.6 Å². The largest absolute Gasteiger partial charge is 0.458 e. The van der Waals surface area contributed by atoms with Gasteiger partial charge in [-0.15, -0.1) is 0 Å². The van der Waals surface area contributed by atoms with E-state index in [0.29, 0.717) is 38.3 Å². The molecule has 0 aromatic heterocycles. The maximum atomic E-state index is 13.1. The van der Waals surface area contributed by atoms with E-state index in [0.717, 1.165) is 44.1 Å². The molecule has 0 aromatic rings. The summed E-state index contributed by atoms with van der Waals surface area (Å²) in [5.41, 5.74) is -0.684. The molecule has 6 rings (SSSR count). The van der Waals surface area contributed by atoms with Crippen LogP contribution in [0.4, 0.5) is 4.79 Å². The van der Waals surface area contributed by atoms with Gasteiger partial charge in [0.25, 0.3) is 0 Å². The smallest absolute Gasteiger partial charge is 0.331 e. The van der Waals surface area contributed by atoms with E-state index < -0.39 is 23.2 Å². The molecule has 4 aliphatic carbocycles. The highest BCUT2D eigenvalue weighted by Gasteiger charge is 2.70. The monoisotopic (exact) mass is 516 g/mol. The first-order chi connectivity index (χ1) is 17.5. The fraction of sp³-hybridized carbons (Fsp3) is 0.862. The zero-order chi connectivity index (χ0) is 26.3. The van der Waals surface area contributed by atoms with Gasteiger partial charge in [0.05, 0.1) is 17.8 Å². The third kappa shape index (κ3) is 3.57.